The number of hydrogen-bond donors (Lipinski definition) is 0. The van der Waals surface area contributed by atoms with Crippen molar-refractivity contribution in [1.82, 2.24) is 0 Å². The smallest absolute Gasteiger partial charge is 0.132 e. The Morgan fingerprint density at radius 3 is 2.05 bits per heavy atom. The van der Waals surface area contributed by atoms with Gasteiger partial charge in [0.15, 0.2) is 0 Å². The average molecular weight is 278 g/mol. The molecule has 0 aromatic carbocycles. The molecule has 0 atom stereocenters. The van der Waals surface area contributed by atoms with Crippen molar-refractivity contribution in [1.29, 1.82) is 0 Å². The minimum absolute atomic E-state index is 0.516. The maximum atomic E-state index is 11.3. The minimum atomic E-state index is 0.516. The fourth-order valence-corrected chi connectivity index (χ4v) is 4.42. The number of rotatable bonds is 7. The Balaban J connectivity index is 1.56. The number of carbonyl (C=O) groups is 1. The highest BCUT2D eigenvalue weighted by molar-refractivity contribution is 5.79. The molecule has 2 saturated carbocycles. The number of hydrogen-bond acceptors (Lipinski definition) is 1. The van der Waals surface area contributed by atoms with Gasteiger partial charge < -0.3 is 0 Å². The molecule has 0 amide bonds. The van der Waals surface area contributed by atoms with Crippen molar-refractivity contribution >= 4 is 5.78 Å². The molecule has 1 heteroatoms. The van der Waals surface area contributed by atoms with Gasteiger partial charge in [-0.05, 0) is 43.4 Å². The van der Waals surface area contributed by atoms with Gasteiger partial charge in [-0.3, -0.25) is 4.79 Å². The molecule has 0 spiro atoms. The van der Waals surface area contributed by atoms with Crippen molar-refractivity contribution in [3.63, 3.8) is 0 Å². The van der Waals surface area contributed by atoms with E-state index in [1.807, 2.05) is 0 Å². The maximum Gasteiger partial charge on any atom is 0.132 e. The Bertz CT molecular complexity index is 265. The van der Waals surface area contributed by atoms with Crippen molar-refractivity contribution in [2.45, 2.75) is 96.8 Å². The standard InChI is InChI=1S/C19H34O/c1-2-3-4-5-6-7-16-8-10-17(11-9-16)18-12-14-19(20)15-13-18/h16-18H,2-15H2,1H3/t16-,17-. The molecule has 0 bridgehead atoms. The summed E-state index contributed by atoms with van der Waals surface area (Å²) in [6.45, 7) is 2.29. The highest BCUT2D eigenvalue weighted by atomic mass is 16.1. The fourth-order valence-electron chi connectivity index (χ4n) is 4.42. The van der Waals surface area contributed by atoms with Crippen LogP contribution in [0.3, 0.4) is 0 Å². The molecule has 0 unspecified atom stereocenters. The Hall–Kier alpha value is -0.330. The molecule has 2 aliphatic rings. The Kier molecular flexibility index (Phi) is 7.10. The van der Waals surface area contributed by atoms with Crippen LogP contribution in [0.4, 0.5) is 0 Å². The molecule has 0 heterocycles. The summed E-state index contributed by atoms with van der Waals surface area (Å²) in [5, 5.41) is 0. The third-order valence-corrected chi connectivity index (χ3v) is 5.86. The Morgan fingerprint density at radius 2 is 1.40 bits per heavy atom. The van der Waals surface area contributed by atoms with Crippen LogP contribution in [0, 0.1) is 17.8 Å². The van der Waals surface area contributed by atoms with Gasteiger partial charge in [-0.15, -0.1) is 0 Å². The monoisotopic (exact) mass is 278 g/mol. The summed E-state index contributed by atoms with van der Waals surface area (Å²) in [6.07, 6.45) is 18.7. The first-order valence-corrected chi connectivity index (χ1v) is 9.31. The van der Waals surface area contributed by atoms with Crippen LogP contribution in [0.5, 0.6) is 0 Å². The van der Waals surface area contributed by atoms with Crippen LogP contribution < -0.4 is 0 Å². The molecule has 0 N–H and O–H groups in total. The SMILES string of the molecule is CCCCCCC[C@H]1CC[C@H](C2CCC(=O)CC2)CC1. The van der Waals surface area contributed by atoms with Gasteiger partial charge >= 0.3 is 0 Å². The normalized spacial score (nSPS) is 28.8. The van der Waals surface area contributed by atoms with Crippen LogP contribution in [0.25, 0.3) is 0 Å². The number of unbranched alkanes of at least 4 members (excludes halogenated alkanes) is 4. The summed E-state index contributed by atoms with van der Waals surface area (Å²) in [6, 6.07) is 0. The molecular formula is C19H34O. The maximum absolute atomic E-state index is 11.3. The molecule has 0 radical (unpaired) electrons. The van der Waals surface area contributed by atoms with Gasteiger partial charge in [0.1, 0.15) is 5.78 Å². The highest BCUT2D eigenvalue weighted by Gasteiger charge is 2.29. The van der Waals surface area contributed by atoms with E-state index in [9.17, 15) is 4.79 Å². The molecule has 0 saturated heterocycles. The van der Waals surface area contributed by atoms with Crippen LogP contribution in [0.2, 0.25) is 0 Å². The van der Waals surface area contributed by atoms with Gasteiger partial charge in [0.2, 0.25) is 0 Å². The van der Waals surface area contributed by atoms with Crippen LogP contribution >= 0.6 is 0 Å². The lowest BCUT2D eigenvalue weighted by Crippen LogP contribution is -2.25. The zero-order chi connectivity index (χ0) is 14.2. The van der Waals surface area contributed by atoms with E-state index in [1.54, 1.807) is 0 Å². The van der Waals surface area contributed by atoms with E-state index >= 15 is 0 Å². The third-order valence-electron chi connectivity index (χ3n) is 5.86. The van der Waals surface area contributed by atoms with Crippen molar-refractivity contribution in [2.75, 3.05) is 0 Å². The quantitative estimate of drug-likeness (QED) is 0.529. The molecule has 2 fully saturated rings. The molecule has 2 rings (SSSR count). The van der Waals surface area contributed by atoms with Crippen LogP contribution in [0.1, 0.15) is 96.8 Å². The third kappa shape index (κ3) is 5.22. The lowest BCUT2D eigenvalue weighted by Gasteiger charge is -2.35. The topological polar surface area (TPSA) is 17.1 Å². The van der Waals surface area contributed by atoms with E-state index in [1.165, 1.54) is 77.0 Å². The Morgan fingerprint density at radius 1 is 0.800 bits per heavy atom. The van der Waals surface area contributed by atoms with Crippen LogP contribution in [0.15, 0.2) is 0 Å². The lowest BCUT2D eigenvalue weighted by molar-refractivity contribution is -0.121. The molecule has 20 heavy (non-hydrogen) atoms. The predicted molar refractivity (Wildman–Crippen MR) is 85.8 cm³/mol. The summed E-state index contributed by atoms with van der Waals surface area (Å²) in [5.41, 5.74) is 0. The van der Waals surface area contributed by atoms with Gasteiger partial charge in [-0.25, -0.2) is 0 Å². The molecule has 2 aliphatic carbocycles. The molecule has 0 aromatic heterocycles. The van der Waals surface area contributed by atoms with E-state index < -0.39 is 0 Å². The van der Waals surface area contributed by atoms with E-state index in [0.717, 1.165) is 30.6 Å². The van der Waals surface area contributed by atoms with Crippen molar-refractivity contribution in [3.8, 4) is 0 Å². The largest absolute Gasteiger partial charge is 0.300 e. The second-order valence-electron chi connectivity index (χ2n) is 7.36. The first-order chi connectivity index (χ1) is 9.79. The fraction of sp³-hybridized carbons (Fsp3) is 0.947. The highest BCUT2D eigenvalue weighted by Crippen LogP contribution is 2.40. The van der Waals surface area contributed by atoms with Crippen LogP contribution in [-0.4, -0.2) is 5.78 Å². The van der Waals surface area contributed by atoms with Crippen LogP contribution in [-0.2, 0) is 4.79 Å². The molecule has 0 aromatic rings. The van der Waals surface area contributed by atoms with Crippen molar-refractivity contribution in [3.05, 3.63) is 0 Å². The minimum Gasteiger partial charge on any atom is -0.300 e. The Labute approximate surface area is 125 Å². The van der Waals surface area contributed by atoms with Gasteiger partial charge in [0.25, 0.3) is 0 Å². The molecule has 0 aliphatic heterocycles. The van der Waals surface area contributed by atoms with E-state index in [2.05, 4.69) is 6.92 Å². The van der Waals surface area contributed by atoms with E-state index in [-0.39, 0.29) is 0 Å². The lowest BCUT2D eigenvalue weighted by atomic mass is 9.70. The summed E-state index contributed by atoms with van der Waals surface area (Å²) in [5.74, 6) is 3.39. The number of ketones is 1. The summed E-state index contributed by atoms with van der Waals surface area (Å²) < 4.78 is 0. The summed E-state index contributed by atoms with van der Waals surface area (Å²) in [7, 11) is 0. The zero-order valence-electron chi connectivity index (χ0n) is 13.5. The average Bonchev–Trinajstić information content (AvgIpc) is 2.49. The molecule has 116 valence electrons. The summed E-state index contributed by atoms with van der Waals surface area (Å²) in [4.78, 5) is 11.3. The first-order valence-electron chi connectivity index (χ1n) is 9.31. The second-order valence-corrected chi connectivity index (χ2v) is 7.36. The predicted octanol–water partition coefficient (Wildman–Crippen LogP) is 5.91. The number of carbonyl (C=O) groups excluding carboxylic acids is 1. The van der Waals surface area contributed by atoms with E-state index in [0.29, 0.717) is 5.78 Å². The second kappa shape index (κ2) is 8.85. The van der Waals surface area contributed by atoms with Gasteiger partial charge in [0, 0.05) is 12.8 Å². The molecule has 1 nitrogen and oxygen atoms in total. The number of Topliss-reactive ketones (excluding diaryl/α,β-unsaturated/α-hetero) is 1. The summed E-state index contributed by atoms with van der Waals surface area (Å²) >= 11 is 0. The zero-order valence-corrected chi connectivity index (χ0v) is 13.5. The van der Waals surface area contributed by atoms with Gasteiger partial charge in [-0.1, -0.05) is 58.3 Å². The van der Waals surface area contributed by atoms with Gasteiger partial charge in [-0.2, -0.15) is 0 Å². The van der Waals surface area contributed by atoms with Crippen molar-refractivity contribution < 1.29 is 4.79 Å². The first kappa shape index (κ1) is 16.0. The molecular weight excluding hydrogens is 244 g/mol. The van der Waals surface area contributed by atoms with E-state index in [4.69, 9.17) is 0 Å². The van der Waals surface area contributed by atoms with Gasteiger partial charge in [0.05, 0.1) is 0 Å². The van der Waals surface area contributed by atoms with Crippen molar-refractivity contribution in [2.24, 2.45) is 17.8 Å².